The zero-order valence-electron chi connectivity index (χ0n) is 28.8. The first kappa shape index (κ1) is 37.7. The summed E-state index contributed by atoms with van der Waals surface area (Å²) in [6, 6.07) is 15.1. The van der Waals surface area contributed by atoms with Crippen LogP contribution in [0.15, 0.2) is 66.7 Å². The Morgan fingerprint density at radius 2 is 1.34 bits per heavy atom. The molecule has 0 unspecified atom stereocenters. The molecule has 0 aliphatic carbocycles. The monoisotopic (exact) mass is 698 g/mol. The van der Waals surface area contributed by atoms with Gasteiger partial charge in [0, 0.05) is 35.6 Å². The Morgan fingerprint density at radius 3 is 1.94 bits per heavy atom. The van der Waals surface area contributed by atoms with Crippen molar-refractivity contribution in [3.8, 4) is 22.3 Å². The van der Waals surface area contributed by atoms with Crippen LogP contribution >= 0.6 is 0 Å². The molecule has 0 aliphatic heterocycles. The van der Waals surface area contributed by atoms with Crippen LogP contribution < -0.4 is 16.0 Å². The third kappa shape index (κ3) is 10.7. The Labute approximate surface area is 288 Å². The second-order valence-electron chi connectivity index (χ2n) is 13.8. The highest BCUT2D eigenvalue weighted by Gasteiger charge is 2.30. The largest absolute Gasteiger partial charge is 0.444 e. The van der Waals surface area contributed by atoms with Gasteiger partial charge < -0.3 is 30.4 Å². The van der Waals surface area contributed by atoms with Crippen molar-refractivity contribution < 1.29 is 41.4 Å². The number of hydrogen-bond donors (Lipinski definition) is 4. The molecule has 13 heteroatoms. The van der Waals surface area contributed by atoms with E-state index in [-0.39, 0.29) is 18.8 Å². The van der Waals surface area contributed by atoms with Crippen LogP contribution in [0.25, 0.3) is 33.2 Å². The quantitative estimate of drug-likeness (QED) is 0.0977. The van der Waals surface area contributed by atoms with Crippen molar-refractivity contribution in [3.05, 3.63) is 83.8 Å². The minimum Gasteiger partial charge on any atom is -0.444 e. The van der Waals surface area contributed by atoms with Gasteiger partial charge in [-0.05, 0) is 101 Å². The Morgan fingerprint density at radius 1 is 0.760 bits per heavy atom. The van der Waals surface area contributed by atoms with Gasteiger partial charge in [0.25, 0.3) is 5.91 Å². The molecular weight excluding hydrogens is 656 g/mol. The highest BCUT2D eigenvalue weighted by molar-refractivity contribution is 6.10. The first-order valence-electron chi connectivity index (χ1n) is 16.1. The minimum atomic E-state index is -4.54. The van der Waals surface area contributed by atoms with Crippen LogP contribution in [0.3, 0.4) is 0 Å². The van der Waals surface area contributed by atoms with Gasteiger partial charge in [0.2, 0.25) is 0 Å². The Hall–Kier alpha value is -5.07. The van der Waals surface area contributed by atoms with Crippen molar-refractivity contribution >= 4 is 29.0 Å². The number of H-pyrrole nitrogens is 1. The Bertz CT molecular complexity index is 1810. The maximum Gasteiger partial charge on any atom is 0.416 e. The van der Waals surface area contributed by atoms with Crippen LogP contribution in [0.2, 0.25) is 0 Å². The van der Waals surface area contributed by atoms with Crippen LogP contribution in [0.1, 0.15) is 70.4 Å². The topological polar surface area (TPSA) is 122 Å². The summed E-state index contributed by atoms with van der Waals surface area (Å²) in [4.78, 5) is 41.7. The highest BCUT2D eigenvalue weighted by Crippen LogP contribution is 2.37. The maximum absolute atomic E-state index is 13.8. The van der Waals surface area contributed by atoms with Crippen LogP contribution in [0.5, 0.6) is 0 Å². The van der Waals surface area contributed by atoms with Crippen LogP contribution in [-0.2, 0) is 15.7 Å². The predicted octanol–water partition coefficient (Wildman–Crippen LogP) is 8.59. The Balaban J connectivity index is 1.60. The molecule has 0 spiro atoms. The van der Waals surface area contributed by atoms with E-state index in [2.05, 4.69) is 20.9 Å². The lowest BCUT2D eigenvalue weighted by atomic mass is 9.98. The molecule has 50 heavy (non-hydrogen) atoms. The summed E-state index contributed by atoms with van der Waals surface area (Å²) in [7, 11) is 0. The molecule has 0 radical (unpaired) electrons. The molecule has 1 heterocycles. The predicted molar refractivity (Wildman–Crippen MR) is 183 cm³/mol. The second-order valence-corrected chi connectivity index (χ2v) is 13.8. The summed E-state index contributed by atoms with van der Waals surface area (Å²) in [5.74, 6) is -0.959. The third-order valence-electron chi connectivity index (χ3n) is 7.33. The number of amides is 3. The van der Waals surface area contributed by atoms with Gasteiger partial charge in [-0.3, -0.25) is 4.79 Å². The summed E-state index contributed by atoms with van der Waals surface area (Å²) in [6.45, 7) is 10.6. The van der Waals surface area contributed by atoms with E-state index in [0.29, 0.717) is 34.9 Å². The number of carbonyl (C=O) groups is 3. The fourth-order valence-corrected chi connectivity index (χ4v) is 5.17. The number of aromatic amines is 1. The molecule has 1 aromatic heterocycles. The molecule has 3 amide bonds. The number of carbonyl (C=O) groups excluding carboxylic acids is 3. The van der Waals surface area contributed by atoms with Crippen molar-refractivity contribution in [2.75, 3.05) is 13.1 Å². The minimum absolute atomic E-state index is 0.0346. The van der Waals surface area contributed by atoms with Gasteiger partial charge in [-0.2, -0.15) is 13.2 Å². The Kier molecular flexibility index (Phi) is 11.5. The number of fused-ring (bicyclic) bond motifs is 1. The van der Waals surface area contributed by atoms with Gasteiger partial charge in [-0.25, -0.2) is 14.0 Å². The molecule has 0 bridgehead atoms. The van der Waals surface area contributed by atoms with Crippen LogP contribution in [-0.4, -0.2) is 53.4 Å². The lowest BCUT2D eigenvalue weighted by molar-refractivity contribution is -0.137. The summed E-state index contributed by atoms with van der Waals surface area (Å²) in [6.07, 6.45) is -5.05. The highest BCUT2D eigenvalue weighted by atomic mass is 19.4. The molecular formula is C37H42F4N4O5. The first-order valence-corrected chi connectivity index (χ1v) is 16.1. The van der Waals surface area contributed by atoms with Gasteiger partial charge in [-0.1, -0.05) is 36.4 Å². The van der Waals surface area contributed by atoms with E-state index in [9.17, 15) is 31.9 Å². The van der Waals surface area contributed by atoms with Crippen molar-refractivity contribution in [2.24, 2.45) is 0 Å². The van der Waals surface area contributed by atoms with E-state index in [4.69, 9.17) is 9.47 Å². The van der Waals surface area contributed by atoms with Crippen LogP contribution in [0, 0.1) is 5.82 Å². The molecule has 4 N–H and O–H groups in total. The van der Waals surface area contributed by atoms with Crippen molar-refractivity contribution in [1.82, 2.24) is 20.9 Å². The van der Waals surface area contributed by atoms with E-state index in [0.717, 1.165) is 23.3 Å². The van der Waals surface area contributed by atoms with E-state index >= 15 is 0 Å². The van der Waals surface area contributed by atoms with Crippen LogP contribution in [0.4, 0.5) is 27.2 Å². The molecule has 1 atom stereocenters. The first-order chi connectivity index (χ1) is 23.3. The van der Waals surface area contributed by atoms with Gasteiger partial charge in [0.1, 0.15) is 22.7 Å². The second kappa shape index (κ2) is 15.2. The molecule has 4 aromatic rings. The number of nitrogens with one attached hydrogen (secondary N) is 4. The van der Waals surface area contributed by atoms with Crippen molar-refractivity contribution in [3.63, 3.8) is 0 Å². The number of halogens is 4. The smallest absolute Gasteiger partial charge is 0.416 e. The number of alkyl halides is 3. The summed E-state index contributed by atoms with van der Waals surface area (Å²) in [5.41, 5.74) is 0.567. The fourth-order valence-electron chi connectivity index (χ4n) is 5.17. The average Bonchev–Trinajstić information content (AvgIpc) is 3.39. The molecule has 0 saturated heterocycles. The van der Waals surface area contributed by atoms with Gasteiger partial charge in [0.05, 0.1) is 5.56 Å². The molecule has 4 rings (SSSR count). The maximum atomic E-state index is 13.8. The zero-order chi connectivity index (χ0) is 36.9. The lowest BCUT2D eigenvalue weighted by Gasteiger charge is -2.24. The summed E-state index contributed by atoms with van der Waals surface area (Å²) < 4.78 is 64.3. The molecule has 268 valence electrons. The molecule has 0 fully saturated rings. The number of rotatable bonds is 10. The fraction of sp³-hybridized carbons (Fsp3) is 0.378. The van der Waals surface area contributed by atoms with E-state index in [1.54, 1.807) is 71.9 Å². The zero-order valence-corrected chi connectivity index (χ0v) is 28.8. The van der Waals surface area contributed by atoms with Crippen molar-refractivity contribution in [2.45, 2.75) is 77.8 Å². The molecule has 0 aliphatic rings. The molecule has 0 saturated carbocycles. The summed E-state index contributed by atoms with van der Waals surface area (Å²) >= 11 is 0. The molecule has 9 nitrogen and oxygen atoms in total. The lowest BCUT2D eigenvalue weighted by Crippen LogP contribution is -2.46. The van der Waals surface area contributed by atoms with E-state index in [1.807, 2.05) is 0 Å². The summed E-state index contributed by atoms with van der Waals surface area (Å²) in [5, 5.41) is 8.84. The van der Waals surface area contributed by atoms with Crippen molar-refractivity contribution in [1.29, 1.82) is 0 Å². The van der Waals surface area contributed by atoms with E-state index < -0.39 is 52.9 Å². The average molecular weight is 699 g/mol. The normalized spacial score (nSPS) is 12.7. The number of ether oxygens (including phenoxy) is 2. The third-order valence-corrected chi connectivity index (χ3v) is 7.33. The van der Waals surface area contributed by atoms with Gasteiger partial charge in [0.15, 0.2) is 0 Å². The standard InChI is InChI=1S/C37H42F4N4O5/c1-35(2,3)49-33(47)42-19-7-8-27(44-34(48)50-36(4,5)6)21-43-32(46)31-30(23-9-14-25(15-10-23)37(39,40)41)28-18-13-24(20-29(28)45-31)22-11-16-26(38)17-12-22/h9-18,20,27,45H,7-8,19,21H2,1-6H3,(H,42,47)(H,43,46)(H,44,48)/t27-/m0/s1. The number of benzene rings is 3. The van der Waals surface area contributed by atoms with Gasteiger partial charge >= 0.3 is 18.4 Å². The van der Waals surface area contributed by atoms with Gasteiger partial charge in [-0.15, -0.1) is 0 Å². The number of aromatic nitrogens is 1. The number of hydrogen-bond acceptors (Lipinski definition) is 5. The molecule has 3 aromatic carbocycles. The SMILES string of the molecule is CC(C)(C)OC(=O)NCCC[C@@H](CNC(=O)c1[nH]c2cc(-c3ccc(F)cc3)ccc2c1-c1ccc(C(F)(F)F)cc1)NC(=O)OC(C)(C)C. The van der Waals surface area contributed by atoms with E-state index in [1.165, 1.54) is 24.3 Å². The number of alkyl carbamates (subject to hydrolysis) is 2.